The minimum atomic E-state index is -3.62. The molecule has 0 aliphatic carbocycles. The van der Waals surface area contributed by atoms with Crippen molar-refractivity contribution >= 4 is 21.4 Å². The second-order valence-electron chi connectivity index (χ2n) is 5.86. The minimum Gasteiger partial charge on any atom is -0.224 e. The van der Waals surface area contributed by atoms with Gasteiger partial charge in [0.2, 0.25) is 10.0 Å². The van der Waals surface area contributed by atoms with Gasteiger partial charge in [0.25, 0.3) is 0 Å². The van der Waals surface area contributed by atoms with Crippen molar-refractivity contribution in [2.45, 2.75) is 43.7 Å². The van der Waals surface area contributed by atoms with Crippen molar-refractivity contribution in [2.75, 3.05) is 0 Å². The number of benzene rings is 1. The van der Waals surface area contributed by atoms with Crippen molar-refractivity contribution in [3.63, 3.8) is 0 Å². The van der Waals surface area contributed by atoms with Gasteiger partial charge in [-0.2, -0.15) is 0 Å². The zero-order valence-electron chi connectivity index (χ0n) is 12.8. The molecule has 21 heavy (non-hydrogen) atoms. The summed E-state index contributed by atoms with van der Waals surface area (Å²) in [5.74, 6) is 0.861. The average Bonchev–Trinajstić information content (AvgIpc) is 2.87. The minimum absolute atomic E-state index is 0.207. The Morgan fingerprint density at radius 2 is 1.48 bits per heavy atom. The van der Waals surface area contributed by atoms with Crippen LogP contribution >= 0.6 is 11.3 Å². The largest absolute Gasteiger partial charge is 0.247 e. The Bertz CT molecular complexity index is 717. The van der Waals surface area contributed by atoms with Crippen molar-refractivity contribution in [3.8, 4) is 10.4 Å². The van der Waals surface area contributed by atoms with Crippen LogP contribution in [0.1, 0.15) is 50.7 Å². The highest BCUT2D eigenvalue weighted by atomic mass is 32.2. The maximum Gasteiger partial charge on any atom is 0.247 e. The monoisotopic (exact) mass is 323 g/mol. The van der Waals surface area contributed by atoms with Crippen molar-refractivity contribution in [1.82, 2.24) is 0 Å². The fourth-order valence-electron chi connectivity index (χ4n) is 2.11. The van der Waals surface area contributed by atoms with Gasteiger partial charge in [-0.05, 0) is 40.7 Å². The lowest BCUT2D eigenvalue weighted by Gasteiger charge is -2.13. The van der Waals surface area contributed by atoms with Gasteiger partial charge in [0.15, 0.2) is 0 Å². The molecule has 0 unspecified atom stereocenters. The molecule has 0 atom stereocenters. The molecule has 114 valence electrons. The van der Waals surface area contributed by atoms with Crippen LogP contribution in [-0.4, -0.2) is 8.42 Å². The maximum absolute atomic E-state index is 11.4. The number of rotatable bonds is 4. The summed E-state index contributed by atoms with van der Waals surface area (Å²) in [5.41, 5.74) is 3.59. The molecule has 0 radical (unpaired) electrons. The van der Waals surface area contributed by atoms with E-state index in [1.54, 1.807) is 6.07 Å². The van der Waals surface area contributed by atoms with E-state index < -0.39 is 10.0 Å². The summed E-state index contributed by atoms with van der Waals surface area (Å²) in [7, 11) is -3.62. The van der Waals surface area contributed by atoms with Gasteiger partial charge in [0.1, 0.15) is 4.21 Å². The van der Waals surface area contributed by atoms with E-state index in [0.717, 1.165) is 10.4 Å². The summed E-state index contributed by atoms with van der Waals surface area (Å²) in [6.45, 7) is 8.64. The number of hydrogen-bond donors (Lipinski definition) is 1. The molecule has 0 amide bonds. The topological polar surface area (TPSA) is 60.2 Å². The van der Waals surface area contributed by atoms with Gasteiger partial charge in [-0.1, -0.05) is 45.9 Å². The lowest BCUT2D eigenvalue weighted by Crippen LogP contribution is -2.09. The van der Waals surface area contributed by atoms with E-state index in [4.69, 9.17) is 5.14 Å². The second-order valence-corrected chi connectivity index (χ2v) is 8.73. The summed E-state index contributed by atoms with van der Waals surface area (Å²) in [6.07, 6.45) is 0. The van der Waals surface area contributed by atoms with Gasteiger partial charge in [-0.3, -0.25) is 0 Å². The standard InChI is InChI=1S/C16H21NO2S2/c1-10(2)12-7-13(11(3)4)9-14(8-12)15-5-6-16(20-15)21(17,18)19/h5-11H,1-4H3,(H2,17,18,19). The van der Waals surface area contributed by atoms with Crippen molar-refractivity contribution < 1.29 is 8.42 Å². The molecule has 1 aromatic carbocycles. The molecular weight excluding hydrogens is 302 g/mol. The fourth-order valence-corrected chi connectivity index (χ4v) is 3.83. The summed E-state index contributed by atoms with van der Waals surface area (Å²) in [4.78, 5) is 0.934. The van der Waals surface area contributed by atoms with Crippen molar-refractivity contribution in [3.05, 3.63) is 41.5 Å². The van der Waals surface area contributed by atoms with E-state index in [0.29, 0.717) is 11.8 Å². The van der Waals surface area contributed by atoms with Gasteiger partial charge >= 0.3 is 0 Å². The molecule has 2 N–H and O–H groups in total. The number of primary sulfonamides is 1. The number of hydrogen-bond acceptors (Lipinski definition) is 3. The van der Waals surface area contributed by atoms with Gasteiger partial charge < -0.3 is 0 Å². The summed E-state index contributed by atoms with van der Waals surface area (Å²) < 4.78 is 23.0. The van der Waals surface area contributed by atoms with Crippen LogP contribution in [0.15, 0.2) is 34.5 Å². The predicted molar refractivity (Wildman–Crippen MR) is 89.3 cm³/mol. The third-order valence-corrected chi connectivity index (χ3v) is 6.03. The quantitative estimate of drug-likeness (QED) is 0.911. The molecule has 0 aliphatic rings. The van der Waals surface area contributed by atoms with Crippen molar-refractivity contribution in [1.29, 1.82) is 0 Å². The Kier molecular flexibility index (Phi) is 4.56. The second kappa shape index (κ2) is 5.91. The van der Waals surface area contributed by atoms with Crippen LogP contribution in [-0.2, 0) is 10.0 Å². The van der Waals surface area contributed by atoms with E-state index in [1.165, 1.54) is 22.5 Å². The Balaban J connectivity index is 2.55. The summed E-state index contributed by atoms with van der Waals surface area (Å²) in [6, 6.07) is 9.90. The van der Waals surface area contributed by atoms with Crippen LogP contribution in [0.5, 0.6) is 0 Å². The van der Waals surface area contributed by atoms with E-state index in [2.05, 4.69) is 45.9 Å². The first kappa shape index (κ1) is 16.2. The molecule has 2 rings (SSSR count). The zero-order chi connectivity index (χ0) is 15.8. The molecule has 1 heterocycles. The lowest BCUT2D eigenvalue weighted by atomic mass is 9.93. The molecule has 3 nitrogen and oxygen atoms in total. The number of sulfonamides is 1. The van der Waals surface area contributed by atoms with Crippen LogP contribution in [0.25, 0.3) is 10.4 Å². The third-order valence-electron chi connectivity index (χ3n) is 3.46. The molecule has 2 aromatic rings. The average molecular weight is 323 g/mol. The summed E-state index contributed by atoms with van der Waals surface area (Å²) >= 11 is 1.22. The van der Waals surface area contributed by atoms with E-state index in [9.17, 15) is 8.42 Å². The Hall–Kier alpha value is -1.17. The van der Waals surface area contributed by atoms with Crippen LogP contribution in [0.4, 0.5) is 0 Å². The highest BCUT2D eigenvalue weighted by Crippen LogP contribution is 2.34. The Labute approximate surface area is 130 Å². The molecule has 0 spiro atoms. The molecule has 0 saturated carbocycles. The normalized spacial score (nSPS) is 12.3. The predicted octanol–water partition coefficient (Wildman–Crippen LogP) is 4.31. The smallest absolute Gasteiger partial charge is 0.224 e. The SMILES string of the molecule is CC(C)c1cc(-c2ccc(S(N)(=O)=O)s2)cc(C(C)C)c1. The number of thiophene rings is 1. The molecular formula is C16H21NO2S2. The first-order valence-corrected chi connectivity index (χ1v) is 9.32. The summed E-state index contributed by atoms with van der Waals surface area (Å²) in [5, 5.41) is 5.19. The maximum atomic E-state index is 11.4. The first-order chi connectivity index (χ1) is 9.68. The molecule has 0 bridgehead atoms. The van der Waals surface area contributed by atoms with E-state index >= 15 is 0 Å². The van der Waals surface area contributed by atoms with Gasteiger partial charge in [0.05, 0.1) is 0 Å². The van der Waals surface area contributed by atoms with Gasteiger partial charge in [-0.25, -0.2) is 13.6 Å². The van der Waals surface area contributed by atoms with E-state index in [1.807, 2.05) is 6.07 Å². The van der Waals surface area contributed by atoms with Crippen molar-refractivity contribution in [2.24, 2.45) is 5.14 Å². The number of nitrogens with two attached hydrogens (primary N) is 1. The highest BCUT2D eigenvalue weighted by Gasteiger charge is 2.14. The molecule has 0 fully saturated rings. The lowest BCUT2D eigenvalue weighted by molar-refractivity contribution is 0.600. The molecule has 0 aliphatic heterocycles. The first-order valence-electron chi connectivity index (χ1n) is 6.96. The van der Waals surface area contributed by atoms with Crippen LogP contribution in [0.3, 0.4) is 0 Å². The zero-order valence-corrected chi connectivity index (χ0v) is 14.4. The van der Waals surface area contributed by atoms with Crippen LogP contribution in [0, 0.1) is 0 Å². The molecule has 1 aromatic heterocycles. The third kappa shape index (κ3) is 3.73. The molecule has 0 saturated heterocycles. The van der Waals surface area contributed by atoms with Crippen LogP contribution in [0.2, 0.25) is 0 Å². The Morgan fingerprint density at radius 3 is 1.86 bits per heavy atom. The van der Waals surface area contributed by atoms with Gasteiger partial charge in [0, 0.05) is 4.88 Å². The van der Waals surface area contributed by atoms with Crippen LogP contribution < -0.4 is 5.14 Å². The molecule has 5 heteroatoms. The Morgan fingerprint density at radius 1 is 0.952 bits per heavy atom. The fraction of sp³-hybridized carbons (Fsp3) is 0.375. The highest BCUT2D eigenvalue weighted by molar-refractivity contribution is 7.91. The van der Waals surface area contributed by atoms with Gasteiger partial charge in [-0.15, -0.1) is 11.3 Å². The van der Waals surface area contributed by atoms with E-state index in [-0.39, 0.29) is 4.21 Å².